The van der Waals surface area contributed by atoms with Crippen LogP contribution in [0, 0.1) is 0 Å². The monoisotopic (exact) mass is 613 g/mol. The van der Waals surface area contributed by atoms with Gasteiger partial charge in [-0.1, -0.05) is 64.8 Å². The lowest BCUT2D eigenvalue weighted by Crippen LogP contribution is -2.27. The maximum Gasteiger partial charge on any atom is 0.204 e. The molecular formula is C24H29Br2N3O2S2. The first-order valence-corrected chi connectivity index (χ1v) is 14.8. The summed E-state index contributed by atoms with van der Waals surface area (Å²) >= 11 is 10.2. The van der Waals surface area contributed by atoms with Gasteiger partial charge in [-0.2, -0.15) is 0 Å². The van der Waals surface area contributed by atoms with Gasteiger partial charge in [0.15, 0.2) is 0 Å². The Labute approximate surface area is 221 Å². The zero-order valence-corrected chi connectivity index (χ0v) is 23.9. The maximum absolute atomic E-state index is 12.6. The third-order valence-corrected chi connectivity index (χ3v) is 7.81. The molecule has 0 radical (unpaired) electrons. The van der Waals surface area contributed by atoms with Crippen LogP contribution < -0.4 is 4.90 Å². The minimum atomic E-state index is -0.0468. The van der Waals surface area contributed by atoms with E-state index in [4.69, 9.17) is 4.42 Å². The topological polar surface area (TPSA) is 59.2 Å². The van der Waals surface area contributed by atoms with Gasteiger partial charge in [-0.3, -0.25) is 4.79 Å². The number of halogens is 2. The quantitative estimate of drug-likeness (QED) is 0.168. The molecule has 0 saturated heterocycles. The van der Waals surface area contributed by atoms with Gasteiger partial charge in [-0.15, -0.1) is 23.1 Å². The van der Waals surface area contributed by atoms with E-state index < -0.39 is 0 Å². The highest BCUT2D eigenvalue weighted by Gasteiger charge is 2.19. The van der Waals surface area contributed by atoms with Gasteiger partial charge < -0.3 is 9.32 Å². The van der Waals surface area contributed by atoms with E-state index in [1.807, 2.05) is 18.3 Å². The first-order valence-electron chi connectivity index (χ1n) is 10.8. The number of hydrogen-bond acceptors (Lipinski definition) is 7. The lowest BCUT2D eigenvalue weighted by Gasteiger charge is -2.23. The van der Waals surface area contributed by atoms with E-state index in [1.54, 1.807) is 29.3 Å². The smallest absolute Gasteiger partial charge is 0.204 e. The zero-order chi connectivity index (χ0) is 23.8. The minimum Gasteiger partial charge on any atom is -0.444 e. The highest BCUT2D eigenvalue weighted by Crippen LogP contribution is 2.30. The number of rotatable bonds is 12. The Morgan fingerprint density at radius 3 is 2.36 bits per heavy atom. The maximum atomic E-state index is 12.6. The van der Waals surface area contributed by atoms with Crippen LogP contribution in [0.25, 0.3) is 0 Å². The summed E-state index contributed by atoms with van der Waals surface area (Å²) in [5.74, 6) is 2.43. The van der Waals surface area contributed by atoms with E-state index in [2.05, 4.69) is 79.6 Å². The van der Waals surface area contributed by atoms with E-state index in [-0.39, 0.29) is 11.2 Å². The first kappa shape index (κ1) is 26.4. The fourth-order valence-electron chi connectivity index (χ4n) is 3.16. The molecule has 0 unspecified atom stereocenters. The van der Waals surface area contributed by atoms with E-state index >= 15 is 0 Å². The summed E-state index contributed by atoms with van der Waals surface area (Å²) < 4.78 is 6.91. The van der Waals surface area contributed by atoms with Crippen molar-refractivity contribution in [3.05, 3.63) is 58.9 Å². The number of carbonyl (C=O) groups excluding carboxylic acids is 1. The van der Waals surface area contributed by atoms with Crippen molar-refractivity contribution in [1.82, 2.24) is 9.97 Å². The Morgan fingerprint density at radius 1 is 1.06 bits per heavy atom. The molecule has 0 bridgehead atoms. The van der Waals surface area contributed by atoms with Crippen LogP contribution in [-0.4, -0.2) is 39.5 Å². The molecule has 178 valence electrons. The standard InChI is InChI=1S/C24H29Br2N3O2S2/c1-24(2,3)20-14-27-21(31-20)16-32-23-15-28-22(33-23)13-19(30)12-17-4-6-18(7-5-17)29(10-8-25)11-9-26/h4-7,14-15H,8-13,16H2,1-3H3. The van der Waals surface area contributed by atoms with Crippen molar-refractivity contribution in [2.24, 2.45) is 0 Å². The summed E-state index contributed by atoms with van der Waals surface area (Å²) in [7, 11) is 0. The molecule has 5 nitrogen and oxygen atoms in total. The number of carbonyl (C=O) groups is 1. The molecular weight excluding hydrogens is 586 g/mol. The van der Waals surface area contributed by atoms with Gasteiger partial charge in [0.2, 0.25) is 5.89 Å². The molecule has 33 heavy (non-hydrogen) atoms. The molecule has 0 aliphatic rings. The highest BCUT2D eigenvalue weighted by atomic mass is 79.9. The molecule has 0 atom stereocenters. The van der Waals surface area contributed by atoms with Gasteiger partial charge in [0.05, 0.1) is 28.8 Å². The van der Waals surface area contributed by atoms with Crippen LogP contribution in [0.3, 0.4) is 0 Å². The normalized spacial score (nSPS) is 11.7. The second-order valence-corrected chi connectivity index (χ2v) is 12.6. The number of aromatic nitrogens is 2. The van der Waals surface area contributed by atoms with Crippen molar-refractivity contribution in [2.45, 2.75) is 49.0 Å². The molecule has 0 aliphatic heterocycles. The molecule has 3 aromatic rings. The Bertz CT molecular complexity index is 1020. The molecule has 3 rings (SSSR count). The average molecular weight is 615 g/mol. The largest absolute Gasteiger partial charge is 0.444 e. The summed E-state index contributed by atoms with van der Waals surface area (Å²) in [5.41, 5.74) is 2.16. The van der Waals surface area contributed by atoms with E-state index in [0.717, 1.165) is 44.3 Å². The van der Waals surface area contributed by atoms with E-state index in [0.29, 0.717) is 24.5 Å². The third-order valence-electron chi connectivity index (χ3n) is 4.92. The number of thiazole rings is 1. The number of benzene rings is 1. The number of alkyl halides is 2. The van der Waals surface area contributed by atoms with Gasteiger partial charge in [-0.05, 0) is 17.7 Å². The number of Topliss-reactive ketones (excluding diaryl/α,β-unsaturated/α-hetero) is 1. The molecule has 2 heterocycles. The zero-order valence-electron chi connectivity index (χ0n) is 19.1. The molecule has 2 aromatic heterocycles. The SMILES string of the molecule is CC(C)(C)c1cnc(CSc2cnc(CC(=O)Cc3ccc(N(CCBr)CCBr)cc3)s2)o1. The molecule has 0 aliphatic carbocycles. The van der Waals surface area contributed by atoms with Crippen molar-refractivity contribution in [3.8, 4) is 0 Å². The van der Waals surface area contributed by atoms with Crippen LogP contribution in [0.4, 0.5) is 5.69 Å². The fourth-order valence-corrected chi connectivity index (χ4v) is 5.92. The number of hydrogen-bond donors (Lipinski definition) is 0. The lowest BCUT2D eigenvalue weighted by molar-refractivity contribution is -0.117. The van der Waals surface area contributed by atoms with Gasteiger partial charge >= 0.3 is 0 Å². The highest BCUT2D eigenvalue weighted by molar-refractivity contribution is 9.09. The molecule has 0 spiro atoms. The Balaban J connectivity index is 1.49. The predicted octanol–water partition coefficient (Wildman–Crippen LogP) is 6.67. The minimum absolute atomic E-state index is 0.0468. The van der Waals surface area contributed by atoms with Crippen molar-refractivity contribution in [3.63, 3.8) is 0 Å². The number of anilines is 1. The molecule has 9 heteroatoms. The summed E-state index contributed by atoms with van der Waals surface area (Å²) in [6.07, 6.45) is 4.42. The number of ketones is 1. The van der Waals surface area contributed by atoms with Gasteiger partial charge in [0.1, 0.15) is 16.6 Å². The molecule has 1 aromatic carbocycles. The summed E-state index contributed by atoms with van der Waals surface area (Å²) in [6.45, 7) is 8.21. The van der Waals surface area contributed by atoms with Gasteiger partial charge in [0, 0.05) is 41.3 Å². The van der Waals surface area contributed by atoms with Crippen LogP contribution in [0.2, 0.25) is 0 Å². The second kappa shape index (κ2) is 12.5. The van der Waals surface area contributed by atoms with Crippen LogP contribution in [-0.2, 0) is 28.8 Å². The van der Waals surface area contributed by atoms with Crippen molar-refractivity contribution >= 4 is 66.4 Å². The van der Waals surface area contributed by atoms with Crippen molar-refractivity contribution < 1.29 is 9.21 Å². The average Bonchev–Trinajstić information content (AvgIpc) is 3.42. The summed E-state index contributed by atoms with van der Waals surface area (Å²) in [5, 5.41) is 2.69. The Hall–Kier alpha value is -1.16. The van der Waals surface area contributed by atoms with Crippen molar-refractivity contribution in [2.75, 3.05) is 28.6 Å². The van der Waals surface area contributed by atoms with Crippen LogP contribution >= 0.6 is 55.0 Å². The first-order chi connectivity index (χ1) is 15.8. The molecule has 0 saturated carbocycles. The number of oxazole rings is 1. The number of thioether (sulfide) groups is 1. The molecule has 0 fully saturated rings. The van der Waals surface area contributed by atoms with Crippen molar-refractivity contribution in [1.29, 1.82) is 0 Å². The van der Waals surface area contributed by atoms with E-state index in [9.17, 15) is 4.79 Å². The van der Waals surface area contributed by atoms with Crippen LogP contribution in [0.5, 0.6) is 0 Å². The molecule has 0 N–H and O–H groups in total. The lowest BCUT2D eigenvalue weighted by atomic mass is 9.94. The Morgan fingerprint density at radius 2 is 1.76 bits per heavy atom. The van der Waals surface area contributed by atoms with Crippen LogP contribution in [0.1, 0.15) is 43.0 Å². The third kappa shape index (κ3) is 8.23. The fraction of sp³-hybridized carbons (Fsp3) is 0.458. The Kier molecular flexibility index (Phi) is 10.0. The predicted molar refractivity (Wildman–Crippen MR) is 146 cm³/mol. The molecule has 0 amide bonds. The van der Waals surface area contributed by atoms with Crippen LogP contribution in [0.15, 0.2) is 45.3 Å². The summed E-state index contributed by atoms with van der Waals surface area (Å²) in [6, 6.07) is 8.29. The second-order valence-electron chi connectivity index (χ2n) is 8.65. The number of nitrogens with zero attached hydrogens (tertiary/aromatic N) is 3. The van der Waals surface area contributed by atoms with Gasteiger partial charge in [-0.25, -0.2) is 9.97 Å². The van der Waals surface area contributed by atoms with Gasteiger partial charge in [0.25, 0.3) is 0 Å². The summed E-state index contributed by atoms with van der Waals surface area (Å²) in [4.78, 5) is 23.7. The van der Waals surface area contributed by atoms with E-state index in [1.165, 1.54) is 5.69 Å².